The largest absolute Gasteiger partial charge is 0.350 e. The predicted molar refractivity (Wildman–Crippen MR) is 60.0 cm³/mol. The lowest BCUT2D eigenvalue weighted by atomic mass is 9.97. The maximum absolute atomic E-state index is 13.1. The highest BCUT2D eigenvalue weighted by Gasteiger charge is 2.31. The van der Waals surface area contributed by atoms with Crippen molar-refractivity contribution in [2.24, 2.45) is 5.73 Å². The molecular weight excluding hydrogens is 223 g/mol. The summed E-state index contributed by atoms with van der Waals surface area (Å²) < 4.78 is 13.1. The molecule has 0 saturated heterocycles. The van der Waals surface area contributed by atoms with Crippen LogP contribution >= 0.6 is 0 Å². The first kappa shape index (κ1) is 11.9. The quantitative estimate of drug-likeness (QED) is 0.613. The van der Waals surface area contributed by atoms with Gasteiger partial charge in [-0.25, -0.2) is 14.2 Å². The van der Waals surface area contributed by atoms with Crippen molar-refractivity contribution in [3.8, 4) is 0 Å². The zero-order chi connectivity index (χ0) is 12.4. The molecule has 2 rings (SSSR count). The minimum Gasteiger partial charge on any atom is -0.350 e. The van der Waals surface area contributed by atoms with E-state index in [1.807, 2.05) is 6.07 Å². The van der Waals surface area contributed by atoms with E-state index in [0.717, 1.165) is 12.0 Å². The van der Waals surface area contributed by atoms with Crippen molar-refractivity contribution in [3.05, 3.63) is 35.6 Å². The number of hydrogen-bond donors (Lipinski definition) is 2. The minimum atomic E-state index is -0.838. The van der Waals surface area contributed by atoms with Gasteiger partial charge in [-0.3, -0.25) is 5.21 Å². The maximum atomic E-state index is 13.1. The molecule has 0 heterocycles. The second-order valence-electron chi connectivity index (χ2n) is 4.40. The van der Waals surface area contributed by atoms with Crippen LogP contribution in [0.4, 0.5) is 9.18 Å². The van der Waals surface area contributed by atoms with Gasteiger partial charge in [0.2, 0.25) is 0 Å². The molecule has 5 heteroatoms. The van der Waals surface area contributed by atoms with Crippen LogP contribution in [0.25, 0.3) is 0 Å². The van der Waals surface area contributed by atoms with Gasteiger partial charge in [-0.1, -0.05) is 12.1 Å². The molecule has 0 aromatic heterocycles. The van der Waals surface area contributed by atoms with Crippen LogP contribution in [0.5, 0.6) is 0 Å². The average Bonchev–Trinajstić information content (AvgIpc) is 2.77. The highest BCUT2D eigenvalue weighted by Crippen LogP contribution is 2.36. The summed E-state index contributed by atoms with van der Waals surface area (Å²) in [7, 11) is 0. The van der Waals surface area contributed by atoms with Gasteiger partial charge in [0, 0.05) is 0 Å². The molecule has 1 aliphatic carbocycles. The highest BCUT2D eigenvalue weighted by molar-refractivity contribution is 5.70. The van der Waals surface area contributed by atoms with E-state index in [2.05, 4.69) is 0 Å². The molecule has 2 atom stereocenters. The number of halogens is 1. The summed E-state index contributed by atoms with van der Waals surface area (Å²) >= 11 is 0. The first-order valence-electron chi connectivity index (χ1n) is 5.61. The Labute approximate surface area is 98.8 Å². The van der Waals surface area contributed by atoms with Gasteiger partial charge in [0.05, 0.1) is 6.04 Å². The second-order valence-corrected chi connectivity index (χ2v) is 4.40. The lowest BCUT2D eigenvalue weighted by molar-refractivity contribution is -0.0730. The number of carbonyl (C=O) groups excluding carboxylic acids is 1. The Hall–Kier alpha value is -1.62. The van der Waals surface area contributed by atoms with Crippen molar-refractivity contribution >= 4 is 6.03 Å². The van der Waals surface area contributed by atoms with Crippen LogP contribution in [0.15, 0.2) is 24.3 Å². The van der Waals surface area contributed by atoms with E-state index in [-0.39, 0.29) is 17.8 Å². The number of hydroxylamine groups is 2. The summed E-state index contributed by atoms with van der Waals surface area (Å²) in [5, 5.41) is 10.0. The van der Waals surface area contributed by atoms with Crippen molar-refractivity contribution in [1.29, 1.82) is 0 Å². The lowest BCUT2D eigenvalue weighted by Gasteiger charge is -2.19. The summed E-state index contributed by atoms with van der Waals surface area (Å²) in [4.78, 5) is 10.8. The topological polar surface area (TPSA) is 66.6 Å². The second kappa shape index (κ2) is 4.71. The van der Waals surface area contributed by atoms with Crippen LogP contribution < -0.4 is 5.73 Å². The lowest BCUT2D eigenvalue weighted by Crippen LogP contribution is -2.39. The molecule has 0 spiro atoms. The van der Waals surface area contributed by atoms with Crippen LogP contribution in [0.2, 0.25) is 0 Å². The summed E-state index contributed by atoms with van der Waals surface area (Å²) in [6.45, 7) is 0. The summed E-state index contributed by atoms with van der Waals surface area (Å²) in [6, 6.07) is 5.33. The highest BCUT2D eigenvalue weighted by atomic mass is 19.1. The van der Waals surface area contributed by atoms with Crippen molar-refractivity contribution in [2.75, 3.05) is 0 Å². The van der Waals surface area contributed by atoms with E-state index in [1.54, 1.807) is 6.07 Å². The number of benzene rings is 1. The number of nitrogens with zero attached hydrogens (tertiary/aromatic N) is 1. The molecule has 0 bridgehead atoms. The third-order valence-electron chi connectivity index (χ3n) is 3.30. The van der Waals surface area contributed by atoms with Crippen LogP contribution in [-0.2, 0) is 0 Å². The third-order valence-corrected chi connectivity index (χ3v) is 3.30. The Morgan fingerprint density at radius 1 is 1.47 bits per heavy atom. The van der Waals surface area contributed by atoms with Crippen molar-refractivity contribution in [3.63, 3.8) is 0 Å². The van der Waals surface area contributed by atoms with Crippen molar-refractivity contribution in [1.82, 2.24) is 5.06 Å². The van der Waals surface area contributed by atoms with E-state index in [0.29, 0.717) is 17.9 Å². The van der Waals surface area contributed by atoms with Gasteiger partial charge in [-0.05, 0) is 42.9 Å². The molecule has 1 aromatic carbocycles. The van der Waals surface area contributed by atoms with Crippen molar-refractivity contribution in [2.45, 2.75) is 31.2 Å². The van der Waals surface area contributed by atoms with E-state index in [4.69, 9.17) is 5.73 Å². The van der Waals surface area contributed by atoms with E-state index >= 15 is 0 Å². The Morgan fingerprint density at radius 3 is 2.88 bits per heavy atom. The number of hydrogen-bond acceptors (Lipinski definition) is 2. The third kappa shape index (κ3) is 2.55. The Morgan fingerprint density at radius 2 is 2.24 bits per heavy atom. The minimum absolute atomic E-state index is 0.171. The fourth-order valence-corrected chi connectivity index (χ4v) is 2.42. The number of primary amides is 1. The number of rotatable bonds is 2. The predicted octanol–water partition coefficient (Wildman–Crippen LogP) is 2.23. The Balaban J connectivity index is 2.05. The zero-order valence-electron chi connectivity index (χ0n) is 9.34. The fourth-order valence-electron chi connectivity index (χ4n) is 2.42. The van der Waals surface area contributed by atoms with Gasteiger partial charge in [0.15, 0.2) is 0 Å². The van der Waals surface area contributed by atoms with Crippen LogP contribution in [-0.4, -0.2) is 22.3 Å². The Kier molecular flexibility index (Phi) is 3.28. The molecule has 0 aliphatic heterocycles. The molecule has 92 valence electrons. The standard InChI is InChI=1S/C12H15FN2O2/c13-10-3-1-2-8(6-10)9-4-5-11(7-9)15(17)12(14)16/h1-3,6,9,11,17H,4-5,7H2,(H2,14,16)/t9-,11+/m0/s1. The van der Waals surface area contributed by atoms with Crippen LogP contribution in [0, 0.1) is 5.82 Å². The van der Waals surface area contributed by atoms with Gasteiger partial charge in [0.1, 0.15) is 5.82 Å². The molecule has 17 heavy (non-hydrogen) atoms. The number of carbonyl (C=O) groups is 1. The molecule has 0 radical (unpaired) electrons. The summed E-state index contributed by atoms with van der Waals surface area (Å²) in [6.07, 6.45) is 2.11. The normalized spacial score (nSPS) is 23.6. The zero-order valence-corrected chi connectivity index (χ0v) is 9.34. The molecule has 3 N–H and O–H groups in total. The van der Waals surface area contributed by atoms with Gasteiger partial charge in [0.25, 0.3) is 0 Å². The van der Waals surface area contributed by atoms with Crippen LogP contribution in [0.1, 0.15) is 30.7 Å². The molecule has 2 amide bonds. The number of urea groups is 1. The number of nitrogens with two attached hydrogens (primary N) is 1. The van der Waals surface area contributed by atoms with Gasteiger partial charge in [-0.15, -0.1) is 0 Å². The van der Waals surface area contributed by atoms with Gasteiger partial charge in [-0.2, -0.15) is 0 Å². The molecule has 1 saturated carbocycles. The van der Waals surface area contributed by atoms with Crippen molar-refractivity contribution < 1.29 is 14.4 Å². The molecular formula is C12H15FN2O2. The van der Waals surface area contributed by atoms with Gasteiger partial charge < -0.3 is 5.73 Å². The summed E-state index contributed by atoms with van der Waals surface area (Å²) in [5.41, 5.74) is 5.91. The monoisotopic (exact) mass is 238 g/mol. The maximum Gasteiger partial charge on any atom is 0.338 e. The summed E-state index contributed by atoms with van der Waals surface area (Å²) in [5.74, 6) is -0.0913. The molecule has 4 nitrogen and oxygen atoms in total. The smallest absolute Gasteiger partial charge is 0.338 e. The van der Waals surface area contributed by atoms with Crippen LogP contribution in [0.3, 0.4) is 0 Å². The molecule has 1 fully saturated rings. The first-order valence-corrected chi connectivity index (χ1v) is 5.61. The molecule has 1 aromatic rings. The van der Waals surface area contributed by atoms with E-state index in [1.165, 1.54) is 12.1 Å². The number of amides is 2. The SMILES string of the molecule is NC(=O)N(O)[C@@H]1CC[C@H](c2cccc(F)c2)C1. The van der Waals surface area contributed by atoms with Gasteiger partial charge >= 0.3 is 6.03 Å². The van der Waals surface area contributed by atoms with E-state index < -0.39 is 6.03 Å². The molecule has 1 aliphatic rings. The Bertz CT molecular complexity index is 425. The molecule has 0 unspecified atom stereocenters. The average molecular weight is 238 g/mol. The fraction of sp³-hybridized carbons (Fsp3) is 0.417. The first-order chi connectivity index (χ1) is 8.08. The van der Waals surface area contributed by atoms with E-state index in [9.17, 15) is 14.4 Å².